The van der Waals surface area contributed by atoms with E-state index < -0.39 is 0 Å². The van der Waals surface area contributed by atoms with Crippen molar-refractivity contribution < 1.29 is 9.90 Å². The van der Waals surface area contributed by atoms with Crippen molar-refractivity contribution in [1.29, 1.82) is 0 Å². The first-order chi connectivity index (χ1) is 7.72. The van der Waals surface area contributed by atoms with Gasteiger partial charge in [0.25, 0.3) is 5.91 Å². The Labute approximate surface area is 94.1 Å². The van der Waals surface area contributed by atoms with Crippen molar-refractivity contribution in [3.05, 3.63) is 24.0 Å². The van der Waals surface area contributed by atoms with Crippen LogP contribution >= 0.6 is 0 Å². The number of nitrogens with zero attached hydrogens (tertiary/aromatic N) is 2. The van der Waals surface area contributed by atoms with Crippen LogP contribution in [0, 0.1) is 0 Å². The third kappa shape index (κ3) is 1.99. The van der Waals surface area contributed by atoms with Gasteiger partial charge in [-0.05, 0) is 13.0 Å². The fourth-order valence-corrected chi connectivity index (χ4v) is 1.77. The molecule has 1 aromatic rings. The first kappa shape index (κ1) is 10.9. The maximum absolute atomic E-state index is 12.1. The van der Waals surface area contributed by atoms with E-state index in [-0.39, 0.29) is 17.7 Å². The van der Waals surface area contributed by atoms with E-state index in [1.54, 1.807) is 4.90 Å². The van der Waals surface area contributed by atoms with Crippen molar-refractivity contribution >= 4 is 5.91 Å². The van der Waals surface area contributed by atoms with Gasteiger partial charge < -0.3 is 15.3 Å². The summed E-state index contributed by atoms with van der Waals surface area (Å²) in [5.41, 5.74) is 0.439. The first-order valence-electron chi connectivity index (χ1n) is 5.38. The number of aromatic nitrogens is 1. The lowest BCUT2D eigenvalue weighted by atomic mass is 10.1. The number of pyridine rings is 1. The molecule has 2 N–H and O–H groups in total. The summed E-state index contributed by atoms with van der Waals surface area (Å²) in [5.74, 6) is -0.0500. The minimum absolute atomic E-state index is 0.0219. The van der Waals surface area contributed by atoms with Gasteiger partial charge in [-0.25, -0.2) is 0 Å². The van der Waals surface area contributed by atoms with Crippen LogP contribution in [0.25, 0.3) is 0 Å². The number of carbonyl (C=O) groups excluding carboxylic acids is 1. The molecule has 1 aliphatic rings. The minimum atomic E-state index is -0.0719. The summed E-state index contributed by atoms with van der Waals surface area (Å²) in [4.78, 5) is 17.7. The van der Waals surface area contributed by atoms with Crippen LogP contribution < -0.4 is 5.32 Å². The normalized spacial score (nSPS) is 15.6. The average Bonchev–Trinajstić information content (AvgIpc) is 2.22. The molecule has 1 saturated heterocycles. The smallest absolute Gasteiger partial charge is 0.255 e. The Morgan fingerprint density at radius 1 is 1.62 bits per heavy atom. The van der Waals surface area contributed by atoms with Crippen LogP contribution in [0.3, 0.4) is 0 Å². The van der Waals surface area contributed by atoms with Gasteiger partial charge in [0.2, 0.25) is 0 Å². The maximum Gasteiger partial charge on any atom is 0.255 e. The highest BCUT2D eigenvalue weighted by atomic mass is 16.3. The maximum atomic E-state index is 12.1. The largest absolute Gasteiger partial charge is 0.506 e. The van der Waals surface area contributed by atoms with Crippen molar-refractivity contribution in [3.63, 3.8) is 0 Å². The van der Waals surface area contributed by atoms with Gasteiger partial charge in [0.1, 0.15) is 5.75 Å². The molecule has 1 aromatic heterocycles. The second kappa shape index (κ2) is 4.49. The molecule has 0 unspecified atom stereocenters. The quantitative estimate of drug-likeness (QED) is 0.766. The highest BCUT2D eigenvalue weighted by Crippen LogP contribution is 2.14. The Balaban J connectivity index is 2.16. The number of hydrogen-bond donors (Lipinski definition) is 2. The number of aromatic hydroxyl groups is 1. The molecule has 0 radical (unpaired) electrons. The van der Waals surface area contributed by atoms with Crippen molar-refractivity contribution in [2.24, 2.45) is 0 Å². The summed E-state index contributed by atoms with van der Waals surface area (Å²) in [6, 6.07) is 1.71. The molecule has 16 heavy (non-hydrogen) atoms. The summed E-state index contributed by atoms with van der Waals surface area (Å²) in [6.45, 7) is 4.30. The van der Waals surface area contributed by atoms with E-state index >= 15 is 0 Å². The zero-order valence-corrected chi connectivity index (χ0v) is 9.18. The zero-order chi connectivity index (χ0) is 11.5. The van der Waals surface area contributed by atoms with E-state index in [0.29, 0.717) is 12.1 Å². The number of amides is 1. The zero-order valence-electron chi connectivity index (χ0n) is 9.18. The summed E-state index contributed by atoms with van der Waals surface area (Å²) >= 11 is 0. The molecular weight excluding hydrogens is 206 g/mol. The molecular formula is C11H15N3O2. The Kier molecular flexibility index (Phi) is 3.05. The Hall–Kier alpha value is -1.62. The lowest BCUT2D eigenvalue weighted by Crippen LogP contribution is -2.58. The molecule has 0 bridgehead atoms. The first-order valence-corrected chi connectivity index (χ1v) is 5.38. The molecule has 0 aliphatic carbocycles. The van der Waals surface area contributed by atoms with Crippen molar-refractivity contribution in [2.45, 2.75) is 13.0 Å². The van der Waals surface area contributed by atoms with E-state index in [9.17, 15) is 9.90 Å². The fraction of sp³-hybridized carbons (Fsp3) is 0.455. The summed E-state index contributed by atoms with van der Waals surface area (Å²) < 4.78 is 0. The second-order valence-corrected chi connectivity index (χ2v) is 3.84. The van der Waals surface area contributed by atoms with Gasteiger partial charge in [-0.2, -0.15) is 0 Å². The number of likely N-dealkylation sites (N-methyl/N-ethyl adjacent to an activating group) is 1. The van der Waals surface area contributed by atoms with Gasteiger partial charge in [0.05, 0.1) is 17.8 Å². The van der Waals surface area contributed by atoms with Crippen molar-refractivity contribution in [1.82, 2.24) is 15.2 Å². The fourth-order valence-electron chi connectivity index (χ4n) is 1.77. The predicted octanol–water partition coefficient (Wildman–Crippen LogP) is 0.221. The molecule has 86 valence electrons. The molecule has 0 atom stereocenters. The summed E-state index contributed by atoms with van der Waals surface area (Å²) in [6.07, 6.45) is 2.80. The Morgan fingerprint density at radius 3 is 2.88 bits per heavy atom. The third-order valence-electron chi connectivity index (χ3n) is 2.77. The van der Waals surface area contributed by atoms with Crippen LogP contribution in [0.15, 0.2) is 18.5 Å². The minimum Gasteiger partial charge on any atom is -0.506 e. The lowest BCUT2D eigenvalue weighted by molar-refractivity contribution is 0.0629. The highest BCUT2D eigenvalue weighted by molar-refractivity contribution is 5.94. The molecule has 0 aromatic carbocycles. The van der Waals surface area contributed by atoms with Gasteiger partial charge in [-0.15, -0.1) is 0 Å². The van der Waals surface area contributed by atoms with Gasteiger partial charge >= 0.3 is 0 Å². The molecule has 0 spiro atoms. The number of rotatable bonds is 3. The highest BCUT2D eigenvalue weighted by Gasteiger charge is 2.28. The van der Waals surface area contributed by atoms with E-state index in [2.05, 4.69) is 10.3 Å². The molecule has 2 rings (SSSR count). The van der Waals surface area contributed by atoms with E-state index in [4.69, 9.17) is 0 Å². The van der Waals surface area contributed by atoms with Gasteiger partial charge in [0, 0.05) is 25.8 Å². The van der Waals surface area contributed by atoms with Crippen LogP contribution in [0.2, 0.25) is 0 Å². The average molecular weight is 221 g/mol. The van der Waals surface area contributed by atoms with E-state index in [1.165, 1.54) is 18.5 Å². The van der Waals surface area contributed by atoms with Gasteiger partial charge in [0.15, 0.2) is 0 Å². The number of nitrogens with one attached hydrogen (secondary N) is 1. The van der Waals surface area contributed by atoms with Crippen molar-refractivity contribution in [2.75, 3.05) is 19.6 Å². The standard InChI is InChI=1S/C11H15N3O2/c1-2-14(9-5-13-6-9)11(16)8-3-10(15)7-12-4-8/h3-4,7,9,13,15H,2,5-6H2,1H3. The number of hydrogen-bond acceptors (Lipinski definition) is 4. The molecule has 1 aliphatic heterocycles. The lowest BCUT2D eigenvalue weighted by Gasteiger charge is -2.37. The van der Waals surface area contributed by atoms with E-state index in [0.717, 1.165) is 13.1 Å². The third-order valence-corrected chi connectivity index (χ3v) is 2.77. The van der Waals surface area contributed by atoms with Crippen LogP contribution in [0.4, 0.5) is 0 Å². The molecule has 1 amide bonds. The Morgan fingerprint density at radius 2 is 2.38 bits per heavy atom. The number of carbonyl (C=O) groups is 1. The van der Waals surface area contributed by atoms with Crippen LogP contribution in [0.5, 0.6) is 5.75 Å². The molecule has 2 heterocycles. The van der Waals surface area contributed by atoms with E-state index in [1.807, 2.05) is 6.92 Å². The second-order valence-electron chi connectivity index (χ2n) is 3.84. The summed E-state index contributed by atoms with van der Waals surface area (Å²) in [7, 11) is 0. The topological polar surface area (TPSA) is 65.5 Å². The monoisotopic (exact) mass is 221 g/mol. The molecule has 1 fully saturated rings. The van der Waals surface area contributed by atoms with Crippen LogP contribution in [-0.2, 0) is 0 Å². The van der Waals surface area contributed by atoms with Gasteiger partial charge in [-0.3, -0.25) is 9.78 Å². The van der Waals surface area contributed by atoms with Crippen LogP contribution in [-0.4, -0.2) is 46.6 Å². The molecule has 5 nitrogen and oxygen atoms in total. The van der Waals surface area contributed by atoms with Crippen LogP contribution in [0.1, 0.15) is 17.3 Å². The summed E-state index contributed by atoms with van der Waals surface area (Å²) in [5, 5.41) is 12.4. The van der Waals surface area contributed by atoms with Gasteiger partial charge in [-0.1, -0.05) is 0 Å². The van der Waals surface area contributed by atoms with Crippen molar-refractivity contribution in [3.8, 4) is 5.75 Å². The Bertz CT molecular complexity index is 391. The SMILES string of the molecule is CCN(C(=O)c1cncc(O)c1)C1CNC1. The predicted molar refractivity (Wildman–Crippen MR) is 59.3 cm³/mol. The molecule has 0 saturated carbocycles. The molecule has 5 heteroatoms.